The van der Waals surface area contributed by atoms with Gasteiger partial charge in [-0.3, -0.25) is 0 Å². The smallest absolute Gasteiger partial charge is 0.197 e. The number of halogens is 4. The minimum atomic E-state index is -0.203. The van der Waals surface area contributed by atoms with E-state index >= 15 is 0 Å². The maximum atomic E-state index is 8.98. The summed E-state index contributed by atoms with van der Waals surface area (Å²) in [7, 11) is 0. The standard InChI is InChI=1S/C14H18Br2O2.C8H14O.C6H4Br2O/c1-10(17-12-5-3-2-4-6-12)18-14-8-7-11(15)9-13(14)16;1-2-9-8-6-4-3-5-7-8;7-4-1-2-6(9)5(8)3-4/h7-10,12H,2-6H2,1H3;2,8H,1,3-7H2;1-3,9H. The molecule has 4 nitrogen and oxygen atoms in total. The van der Waals surface area contributed by atoms with Gasteiger partial charge >= 0.3 is 0 Å². The fraction of sp³-hybridized carbons (Fsp3) is 0.500. The summed E-state index contributed by atoms with van der Waals surface area (Å²) in [6.45, 7) is 5.49. The highest BCUT2D eigenvalue weighted by Gasteiger charge is 2.18. The molecule has 1 atom stereocenters. The second kappa shape index (κ2) is 17.9. The number of benzene rings is 2. The Morgan fingerprint density at radius 3 is 1.83 bits per heavy atom. The van der Waals surface area contributed by atoms with Crippen molar-refractivity contribution >= 4 is 63.7 Å². The molecule has 0 aliphatic heterocycles. The van der Waals surface area contributed by atoms with Crippen LogP contribution in [0.15, 0.2) is 67.1 Å². The minimum absolute atomic E-state index is 0.203. The fourth-order valence-electron chi connectivity index (χ4n) is 4.07. The molecule has 1 unspecified atom stereocenters. The topological polar surface area (TPSA) is 47.9 Å². The predicted molar refractivity (Wildman–Crippen MR) is 162 cm³/mol. The van der Waals surface area contributed by atoms with Crippen LogP contribution in [0.5, 0.6) is 11.5 Å². The maximum absolute atomic E-state index is 8.98. The second-order valence-electron chi connectivity index (χ2n) is 8.81. The molecular weight excluding hydrogens is 720 g/mol. The summed E-state index contributed by atoms with van der Waals surface area (Å²) in [6, 6.07) is 11.1. The van der Waals surface area contributed by atoms with Gasteiger partial charge in [0.25, 0.3) is 0 Å². The van der Waals surface area contributed by atoms with Crippen LogP contribution in [0.25, 0.3) is 0 Å². The van der Waals surface area contributed by atoms with E-state index in [4.69, 9.17) is 19.3 Å². The van der Waals surface area contributed by atoms with E-state index in [9.17, 15) is 0 Å². The molecule has 0 heterocycles. The van der Waals surface area contributed by atoms with Crippen molar-refractivity contribution in [3.05, 3.63) is 67.1 Å². The Kier molecular flexibility index (Phi) is 15.7. The Morgan fingerprint density at radius 2 is 1.33 bits per heavy atom. The van der Waals surface area contributed by atoms with Crippen LogP contribution in [-0.4, -0.2) is 23.6 Å². The molecule has 2 fully saturated rings. The third-order valence-corrected chi connectivity index (χ3v) is 8.12. The first-order valence-electron chi connectivity index (χ1n) is 12.5. The van der Waals surface area contributed by atoms with Crippen molar-refractivity contribution in [2.24, 2.45) is 0 Å². The molecule has 0 spiro atoms. The van der Waals surface area contributed by atoms with Gasteiger partial charge in [0, 0.05) is 8.95 Å². The summed E-state index contributed by atoms with van der Waals surface area (Å²) in [5.74, 6) is 1.08. The molecule has 36 heavy (non-hydrogen) atoms. The SMILES string of the molecule is C=COC1CCCCC1.CC(Oc1ccc(Br)cc1Br)OC1CCCCC1.Oc1ccc(Br)cc1Br. The number of aromatic hydroxyl groups is 1. The molecule has 0 amide bonds. The molecule has 0 bridgehead atoms. The van der Waals surface area contributed by atoms with E-state index in [0.29, 0.717) is 16.7 Å². The number of ether oxygens (including phenoxy) is 3. The summed E-state index contributed by atoms with van der Waals surface area (Å²) in [4.78, 5) is 0. The lowest BCUT2D eigenvalue weighted by atomic mass is 9.98. The van der Waals surface area contributed by atoms with Gasteiger partial charge in [0.2, 0.25) is 0 Å². The van der Waals surface area contributed by atoms with Gasteiger partial charge in [0.15, 0.2) is 6.29 Å². The van der Waals surface area contributed by atoms with Crippen molar-refractivity contribution in [1.82, 2.24) is 0 Å². The number of phenolic OH excluding ortho intramolecular Hbond substituents is 1. The van der Waals surface area contributed by atoms with Crippen molar-refractivity contribution in [3.8, 4) is 11.5 Å². The van der Waals surface area contributed by atoms with E-state index in [1.807, 2.05) is 25.1 Å². The lowest BCUT2D eigenvalue weighted by Crippen LogP contribution is -2.26. The molecular formula is C28H36Br4O4. The van der Waals surface area contributed by atoms with E-state index in [1.165, 1.54) is 51.4 Å². The molecule has 2 aromatic carbocycles. The third kappa shape index (κ3) is 12.8. The lowest BCUT2D eigenvalue weighted by Gasteiger charge is -2.26. The maximum Gasteiger partial charge on any atom is 0.197 e. The van der Waals surface area contributed by atoms with Crippen LogP contribution in [0.2, 0.25) is 0 Å². The Morgan fingerprint density at radius 1 is 0.806 bits per heavy atom. The van der Waals surface area contributed by atoms with Crippen LogP contribution in [-0.2, 0) is 9.47 Å². The van der Waals surface area contributed by atoms with Crippen LogP contribution in [0, 0.1) is 0 Å². The van der Waals surface area contributed by atoms with Crippen LogP contribution in [0.3, 0.4) is 0 Å². The van der Waals surface area contributed by atoms with E-state index in [2.05, 4.69) is 70.3 Å². The van der Waals surface area contributed by atoms with Gasteiger partial charge in [-0.25, -0.2) is 0 Å². The molecule has 2 saturated carbocycles. The van der Waals surface area contributed by atoms with Gasteiger partial charge in [-0.2, -0.15) is 0 Å². The predicted octanol–water partition coefficient (Wildman–Crippen LogP) is 10.7. The first-order chi connectivity index (χ1) is 17.3. The van der Waals surface area contributed by atoms with Gasteiger partial charge in [-0.05, 0) is 114 Å². The normalized spacial score (nSPS) is 17.0. The molecule has 2 aliphatic carbocycles. The summed E-state index contributed by atoms with van der Waals surface area (Å²) in [6.07, 6.45) is 14.9. The summed E-state index contributed by atoms with van der Waals surface area (Å²) in [5.41, 5.74) is 0. The summed E-state index contributed by atoms with van der Waals surface area (Å²) >= 11 is 13.3. The Bertz CT molecular complexity index is 912. The lowest BCUT2D eigenvalue weighted by molar-refractivity contribution is -0.117. The zero-order chi connectivity index (χ0) is 26.3. The van der Waals surface area contributed by atoms with E-state index in [0.717, 1.165) is 32.0 Å². The second-order valence-corrected chi connectivity index (χ2v) is 12.4. The molecule has 4 rings (SSSR count). The number of hydrogen-bond acceptors (Lipinski definition) is 4. The van der Waals surface area contributed by atoms with Crippen molar-refractivity contribution in [2.45, 2.75) is 89.6 Å². The Balaban J connectivity index is 0.000000212. The zero-order valence-corrected chi connectivity index (χ0v) is 27.1. The molecule has 8 heteroatoms. The van der Waals surface area contributed by atoms with Crippen molar-refractivity contribution in [2.75, 3.05) is 0 Å². The quantitative estimate of drug-likeness (QED) is 0.236. The van der Waals surface area contributed by atoms with Crippen molar-refractivity contribution in [1.29, 1.82) is 0 Å². The molecule has 2 aromatic rings. The highest BCUT2D eigenvalue weighted by molar-refractivity contribution is 9.11. The van der Waals surface area contributed by atoms with Gasteiger partial charge in [0.05, 0.1) is 27.4 Å². The molecule has 1 N–H and O–H groups in total. The third-order valence-electron chi connectivity index (χ3n) is 5.87. The first kappa shape index (κ1) is 31.7. The minimum Gasteiger partial charge on any atom is -0.507 e. The summed E-state index contributed by atoms with van der Waals surface area (Å²) in [5, 5.41) is 8.98. The Labute approximate surface area is 249 Å². The van der Waals surface area contributed by atoms with Crippen molar-refractivity contribution < 1.29 is 19.3 Å². The summed E-state index contributed by atoms with van der Waals surface area (Å²) < 4.78 is 20.6. The largest absolute Gasteiger partial charge is 0.507 e. The van der Waals surface area contributed by atoms with Gasteiger partial charge in [0.1, 0.15) is 11.5 Å². The van der Waals surface area contributed by atoms with E-state index < -0.39 is 0 Å². The van der Waals surface area contributed by atoms with Crippen molar-refractivity contribution in [3.63, 3.8) is 0 Å². The molecule has 2 aliphatic rings. The van der Waals surface area contributed by atoms with Crippen LogP contribution < -0.4 is 4.74 Å². The average Bonchev–Trinajstić information content (AvgIpc) is 2.86. The fourth-order valence-corrected chi connectivity index (χ4v) is 6.26. The van der Waals surface area contributed by atoms with E-state index in [1.54, 1.807) is 24.5 Å². The average molecular weight is 756 g/mol. The first-order valence-corrected chi connectivity index (χ1v) is 15.6. The number of hydrogen-bond donors (Lipinski definition) is 1. The number of phenols is 1. The highest BCUT2D eigenvalue weighted by Crippen LogP contribution is 2.30. The molecule has 0 saturated heterocycles. The van der Waals surface area contributed by atoms with E-state index in [-0.39, 0.29) is 12.0 Å². The molecule has 0 aromatic heterocycles. The van der Waals surface area contributed by atoms with Gasteiger partial charge in [-0.1, -0.05) is 64.1 Å². The monoisotopic (exact) mass is 752 g/mol. The molecule has 200 valence electrons. The van der Waals surface area contributed by atoms with Crippen LogP contribution >= 0.6 is 63.7 Å². The van der Waals surface area contributed by atoms with Gasteiger partial charge in [-0.15, -0.1) is 0 Å². The van der Waals surface area contributed by atoms with Crippen LogP contribution in [0.4, 0.5) is 0 Å². The molecule has 0 radical (unpaired) electrons. The Hall–Kier alpha value is -0.540. The highest BCUT2D eigenvalue weighted by atomic mass is 79.9. The zero-order valence-electron chi connectivity index (χ0n) is 20.7. The van der Waals surface area contributed by atoms with Crippen LogP contribution in [0.1, 0.15) is 71.1 Å². The van der Waals surface area contributed by atoms with Gasteiger partial charge < -0.3 is 19.3 Å². The number of rotatable bonds is 6.